The van der Waals surface area contributed by atoms with Gasteiger partial charge in [0.15, 0.2) is 0 Å². The molecule has 0 atom stereocenters. The Labute approximate surface area is 102 Å². The van der Waals surface area contributed by atoms with Crippen LogP contribution in [0.2, 0.25) is 0 Å². The minimum atomic E-state index is 0.530. The molecule has 1 aliphatic carbocycles. The second-order valence-electron chi connectivity index (χ2n) is 5.10. The second kappa shape index (κ2) is 4.87. The third-order valence-corrected chi connectivity index (χ3v) is 2.92. The molecule has 0 bridgehead atoms. The molecule has 0 amide bonds. The van der Waals surface area contributed by atoms with Gasteiger partial charge >= 0.3 is 0 Å². The van der Waals surface area contributed by atoms with Gasteiger partial charge < -0.3 is 10.7 Å². The first-order valence-electron chi connectivity index (χ1n) is 6.20. The average molecular weight is 235 g/mol. The highest BCUT2D eigenvalue weighted by atomic mass is 15.3. The van der Waals surface area contributed by atoms with E-state index in [1.165, 1.54) is 12.8 Å². The fourth-order valence-electron chi connectivity index (χ4n) is 1.67. The summed E-state index contributed by atoms with van der Waals surface area (Å²) in [4.78, 5) is 9.05. The van der Waals surface area contributed by atoms with Crippen molar-refractivity contribution in [3.05, 3.63) is 11.4 Å². The quantitative estimate of drug-likeness (QED) is 0.537. The van der Waals surface area contributed by atoms with Crippen molar-refractivity contribution < 1.29 is 0 Å². The number of nitrogens with two attached hydrogens (primary N) is 1. The van der Waals surface area contributed by atoms with E-state index in [0.717, 1.165) is 29.6 Å². The second-order valence-corrected chi connectivity index (χ2v) is 5.10. The van der Waals surface area contributed by atoms with Crippen molar-refractivity contribution in [2.24, 2.45) is 11.8 Å². The number of nitrogens with zero attached hydrogens (tertiary/aromatic N) is 2. The van der Waals surface area contributed by atoms with Gasteiger partial charge in [0, 0.05) is 18.0 Å². The summed E-state index contributed by atoms with van der Waals surface area (Å²) in [6.45, 7) is 7.24. The maximum atomic E-state index is 5.50. The summed E-state index contributed by atoms with van der Waals surface area (Å²) in [5, 5.41) is 3.36. The van der Waals surface area contributed by atoms with Gasteiger partial charge in [-0.15, -0.1) is 0 Å². The van der Waals surface area contributed by atoms with Crippen molar-refractivity contribution in [2.45, 2.75) is 39.5 Å². The minimum Gasteiger partial charge on any atom is -0.369 e. The van der Waals surface area contributed by atoms with Gasteiger partial charge in [-0.2, -0.15) is 0 Å². The fourth-order valence-corrected chi connectivity index (χ4v) is 1.67. The fraction of sp³-hybridized carbons (Fsp3) is 0.667. The van der Waals surface area contributed by atoms with Gasteiger partial charge in [-0.25, -0.2) is 15.8 Å². The molecule has 17 heavy (non-hydrogen) atoms. The summed E-state index contributed by atoms with van der Waals surface area (Å²) in [7, 11) is 0. The standard InChI is InChI=1S/C12H21N5/c1-7(2)6-14-10-8(3)11(17-13)16-12(15-10)9-4-5-9/h7,9H,4-6,13H2,1-3H3,(H2,14,15,16,17). The molecule has 0 aromatic carbocycles. The molecule has 1 aromatic heterocycles. The molecule has 1 heterocycles. The van der Waals surface area contributed by atoms with Crippen molar-refractivity contribution in [1.82, 2.24) is 9.97 Å². The summed E-state index contributed by atoms with van der Waals surface area (Å²) in [6, 6.07) is 0. The lowest BCUT2D eigenvalue weighted by molar-refractivity contribution is 0.685. The number of nitrogen functional groups attached to an aromatic ring is 1. The lowest BCUT2D eigenvalue weighted by Crippen LogP contribution is -2.16. The highest BCUT2D eigenvalue weighted by Crippen LogP contribution is 2.39. The maximum absolute atomic E-state index is 5.50. The predicted octanol–water partition coefficient (Wildman–Crippen LogP) is 2.02. The van der Waals surface area contributed by atoms with E-state index in [-0.39, 0.29) is 0 Å². The molecule has 0 saturated heterocycles. The summed E-state index contributed by atoms with van der Waals surface area (Å²) < 4.78 is 0. The smallest absolute Gasteiger partial charge is 0.148 e. The van der Waals surface area contributed by atoms with Crippen LogP contribution in [0.15, 0.2) is 0 Å². The van der Waals surface area contributed by atoms with Gasteiger partial charge in [0.2, 0.25) is 0 Å². The van der Waals surface area contributed by atoms with Gasteiger partial charge in [-0.1, -0.05) is 13.8 Å². The normalized spacial score (nSPS) is 15.1. The average Bonchev–Trinajstić information content (AvgIpc) is 3.11. The first-order chi connectivity index (χ1) is 8.11. The topological polar surface area (TPSA) is 75.9 Å². The Balaban J connectivity index is 2.24. The van der Waals surface area contributed by atoms with Gasteiger partial charge in [0.05, 0.1) is 0 Å². The van der Waals surface area contributed by atoms with Gasteiger partial charge in [-0.05, 0) is 25.7 Å². The summed E-state index contributed by atoms with van der Waals surface area (Å²) >= 11 is 0. The number of hydrogen-bond donors (Lipinski definition) is 3. The molecule has 1 aromatic rings. The zero-order chi connectivity index (χ0) is 12.4. The van der Waals surface area contributed by atoms with Crippen LogP contribution in [0.5, 0.6) is 0 Å². The van der Waals surface area contributed by atoms with Crippen molar-refractivity contribution >= 4 is 11.6 Å². The largest absolute Gasteiger partial charge is 0.369 e. The molecule has 0 radical (unpaired) electrons. The van der Waals surface area contributed by atoms with Crippen LogP contribution in [-0.2, 0) is 0 Å². The van der Waals surface area contributed by atoms with Gasteiger partial charge in [0.25, 0.3) is 0 Å². The van der Waals surface area contributed by atoms with E-state index < -0.39 is 0 Å². The number of rotatable bonds is 5. The van der Waals surface area contributed by atoms with Crippen LogP contribution in [0.25, 0.3) is 0 Å². The van der Waals surface area contributed by atoms with E-state index in [2.05, 4.69) is 34.6 Å². The molecule has 0 spiro atoms. The molecule has 4 N–H and O–H groups in total. The molecule has 5 nitrogen and oxygen atoms in total. The van der Waals surface area contributed by atoms with Crippen LogP contribution in [-0.4, -0.2) is 16.5 Å². The SMILES string of the molecule is Cc1c(NN)nc(C2CC2)nc1NCC(C)C. The Morgan fingerprint density at radius 3 is 2.47 bits per heavy atom. The monoisotopic (exact) mass is 235 g/mol. The first kappa shape index (κ1) is 12.1. The Kier molecular flexibility index (Phi) is 3.47. The molecule has 0 unspecified atom stereocenters. The minimum absolute atomic E-state index is 0.530. The van der Waals surface area contributed by atoms with E-state index in [0.29, 0.717) is 11.8 Å². The molecule has 0 aliphatic heterocycles. The first-order valence-corrected chi connectivity index (χ1v) is 6.20. The molecule has 1 saturated carbocycles. The van der Waals surface area contributed by atoms with Crippen LogP contribution in [0.4, 0.5) is 11.6 Å². The van der Waals surface area contributed by atoms with Crippen molar-refractivity contribution in [1.29, 1.82) is 0 Å². The molecule has 1 fully saturated rings. The molecular formula is C12H21N5. The number of nitrogens with one attached hydrogen (secondary N) is 2. The van der Waals surface area contributed by atoms with Crippen LogP contribution < -0.4 is 16.6 Å². The number of hydrazine groups is 1. The highest BCUT2D eigenvalue weighted by Gasteiger charge is 2.28. The number of anilines is 2. The highest BCUT2D eigenvalue weighted by molar-refractivity contribution is 5.57. The van der Waals surface area contributed by atoms with Crippen LogP contribution in [0.3, 0.4) is 0 Å². The van der Waals surface area contributed by atoms with E-state index in [1.54, 1.807) is 0 Å². The molecule has 1 aliphatic rings. The van der Waals surface area contributed by atoms with Crippen molar-refractivity contribution in [3.63, 3.8) is 0 Å². The summed E-state index contributed by atoms with van der Waals surface area (Å²) in [6.07, 6.45) is 2.38. The Morgan fingerprint density at radius 1 is 1.29 bits per heavy atom. The summed E-state index contributed by atoms with van der Waals surface area (Å²) in [5.74, 6) is 9.16. The third-order valence-electron chi connectivity index (χ3n) is 2.92. The van der Waals surface area contributed by atoms with Crippen molar-refractivity contribution in [2.75, 3.05) is 17.3 Å². The van der Waals surface area contributed by atoms with Crippen LogP contribution in [0, 0.1) is 12.8 Å². The zero-order valence-electron chi connectivity index (χ0n) is 10.7. The lowest BCUT2D eigenvalue weighted by atomic mass is 10.2. The van der Waals surface area contributed by atoms with E-state index in [9.17, 15) is 0 Å². The van der Waals surface area contributed by atoms with E-state index >= 15 is 0 Å². The van der Waals surface area contributed by atoms with E-state index in [1.807, 2.05) is 6.92 Å². The van der Waals surface area contributed by atoms with Crippen LogP contribution in [0.1, 0.15) is 44.0 Å². The van der Waals surface area contributed by atoms with Crippen molar-refractivity contribution in [3.8, 4) is 0 Å². The van der Waals surface area contributed by atoms with Gasteiger partial charge in [-0.3, -0.25) is 0 Å². The predicted molar refractivity (Wildman–Crippen MR) is 69.9 cm³/mol. The molecular weight excluding hydrogens is 214 g/mol. The zero-order valence-corrected chi connectivity index (χ0v) is 10.7. The van der Waals surface area contributed by atoms with E-state index in [4.69, 9.17) is 5.84 Å². The molecule has 5 heteroatoms. The Hall–Kier alpha value is -1.36. The third kappa shape index (κ3) is 2.85. The lowest BCUT2D eigenvalue weighted by Gasteiger charge is -2.14. The Bertz CT molecular complexity index is 398. The van der Waals surface area contributed by atoms with Gasteiger partial charge in [0.1, 0.15) is 17.5 Å². The Morgan fingerprint density at radius 2 is 1.94 bits per heavy atom. The van der Waals surface area contributed by atoms with Crippen LogP contribution >= 0.6 is 0 Å². The summed E-state index contributed by atoms with van der Waals surface area (Å²) in [5.41, 5.74) is 3.64. The molecule has 2 rings (SSSR count). The molecule has 94 valence electrons. The maximum Gasteiger partial charge on any atom is 0.148 e. The number of hydrogen-bond acceptors (Lipinski definition) is 5. The number of aromatic nitrogens is 2.